The van der Waals surface area contributed by atoms with Gasteiger partial charge < -0.3 is 18.9 Å². The van der Waals surface area contributed by atoms with Gasteiger partial charge in [-0.1, -0.05) is 0 Å². The van der Waals surface area contributed by atoms with Gasteiger partial charge >= 0.3 is 0 Å². The Hall–Kier alpha value is -2.60. The van der Waals surface area contributed by atoms with Gasteiger partial charge in [0.1, 0.15) is 6.54 Å². The van der Waals surface area contributed by atoms with Crippen molar-refractivity contribution in [3.63, 3.8) is 0 Å². The molecule has 0 N–H and O–H groups in total. The molecule has 0 spiro atoms. The Bertz CT molecular complexity index is 1050. The maximum absolute atomic E-state index is 5.65. The van der Waals surface area contributed by atoms with Crippen molar-refractivity contribution in [3.8, 4) is 34.3 Å². The van der Waals surface area contributed by atoms with E-state index in [-0.39, 0.29) is 6.79 Å². The summed E-state index contributed by atoms with van der Waals surface area (Å²) >= 11 is 1.88. The van der Waals surface area contributed by atoms with Crippen LogP contribution in [0.15, 0.2) is 41.4 Å². The first-order valence-corrected chi connectivity index (χ1v) is 9.92. The van der Waals surface area contributed by atoms with Crippen LogP contribution in [0.1, 0.15) is 6.42 Å². The average Bonchev–Trinajstić information content (AvgIpc) is 3.15. The van der Waals surface area contributed by atoms with Gasteiger partial charge in [-0.3, -0.25) is 0 Å². The van der Waals surface area contributed by atoms with Gasteiger partial charge in [0.05, 0.1) is 25.2 Å². The standard InChI is InChI=1S/C21H20NO4S/c1-23-17-5-4-13-8-16-14-9-18-19(26-12-25-18)10-20(14)27-7-3-6-22(16)11-15(13)21(17)24-2/h4-5,8-11H,3,6-7,12H2,1-2H3/q+1. The van der Waals surface area contributed by atoms with Crippen LogP contribution in [-0.2, 0) is 6.54 Å². The predicted molar refractivity (Wildman–Crippen MR) is 104 cm³/mol. The molecule has 1 aromatic heterocycles. The molecule has 0 amide bonds. The molecule has 5 rings (SSSR count). The zero-order valence-electron chi connectivity index (χ0n) is 15.3. The zero-order chi connectivity index (χ0) is 18.4. The molecule has 6 heteroatoms. The number of benzene rings is 2. The van der Waals surface area contributed by atoms with E-state index in [1.54, 1.807) is 14.2 Å². The minimum atomic E-state index is 0.289. The molecule has 5 nitrogen and oxygen atoms in total. The van der Waals surface area contributed by atoms with Gasteiger partial charge in [0.2, 0.25) is 12.5 Å². The lowest BCUT2D eigenvalue weighted by Crippen LogP contribution is -2.37. The summed E-state index contributed by atoms with van der Waals surface area (Å²) in [7, 11) is 3.35. The summed E-state index contributed by atoms with van der Waals surface area (Å²) in [5.74, 6) is 4.23. The van der Waals surface area contributed by atoms with Crippen molar-refractivity contribution in [2.75, 3.05) is 26.8 Å². The molecule has 0 fully saturated rings. The number of methoxy groups -OCH3 is 2. The number of nitrogens with zero attached hydrogens (tertiary/aromatic N) is 1. The Morgan fingerprint density at radius 3 is 2.70 bits per heavy atom. The summed E-state index contributed by atoms with van der Waals surface area (Å²) in [4.78, 5) is 1.23. The first kappa shape index (κ1) is 16.6. The molecule has 2 aliphatic rings. The minimum Gasteiger partial charge on any atom is -0.493 e. The van der Waals surface area contributed by atoms with E-state index >= 15 is 0 Å². The van der Waals surface area contributed by atoms with E-state index in [2.05, 4.69) is 35.0 Å². The Morgan fingerprint density at radius 1 is 1.04 bits per heavy atom. The van der Waals surface area contributed by atoms with Crippen molar-refractivity contribution in [1.29, 1.82) is 0 Å². The Kier molecular flexibility index (Phi) is 4.01. The molecular weight excluding hydrogens is 362 g/mol. The van der Waals surface area contributed by atoms with Crippen molar-refractivity contribution >= 4 is 22.5 Å². The van der Waals surface area contributed by atoms with E-state index in [0.717, 1.165) is 52.5 Å². The largest absolute Gasteiger partial charge is 0.493 e. The fourth-order valence-corrected chi connectivity index (χ4v) is 4.76. The average molecular weight is 382 g/mol. The number of fused-ring (bicyclic) bond motifs is 5. The highest BCUT2D eigenvalue weighted by Crippen LogP contribution is 2.44. The lowest BCUT2D eigenvalue weighted by atomic mass is 10.0. The number of hydrogen-bond acceptors (Lipinski definition) is 5. The monoisotopic (exact) mass is 382 g/mol. The van der Waals surface area contributed by atoms with Gasteiger partial charge in [0.25, 0.3) is 0 Å². The maximum atomic E-state index is 5.65. The highest BCUT2D eigenvalue weighted by atomic mass is 32.2. The number of ether oxygens (including phenoxy) is 4. The van der Waals surface area contributed by atoms with E-state index in [9.17, 15) is 0 Å². The van der Waals surface area contributed by atoms with Crippen molar-refractivity contribution in [2.45, 2.75) is 17.9 Å². The number of pyridine rings is 1. The molecular formula is C21H20NO4S+. The maximum Gasteiger partial charge on any atom is 0.231 e. The molecule has 0 bridgehead atoms. The fraction of sp³-hybridized carbons (Fsp3) is 0.286. The van der Waals surface area contributed by atoms with Crippen LogP contribution in [-0.4, -0.2) is 26.8 Å². The summed E-state index contributed by atoms with van der Waals surface area (Å²) in [5.41, 5.74) is 2.36. The first-order chi connectivity index (χ1) is 13.3. The minimum absolute atomic E-state index is 0.289. The quantitative estimate of drug-likeness (QED) is 0.626. The lowest BCUT2D eigenvalue weighted by molar-refractivity contribution is -0.685. The Balaban J connectivity index is 1.77. The van der Waals surface area contributed by atoms with Crippen LogP contribution in [0, 0.1) is 0 Å². The number of hydrogen-bond donors (Lipinski definition) is 0. The highest BCUT2D eigenvalue weighted by molar-refractivity contribution is 7.99. The summed E-state index contributed by atoms with van der Waals surface area (Å²) in [6.45, 7) is 1.24. The summed E-state index contributed by atoms with van der Waals surface area (Å²) in [5, 5.41) is 2.17. The molecule has 0 unspecified atom stereocenters. The van der Waals surface area contributed by atoms with Crippen molar-refractivity contribution < 1.29 is 23.5 Å². The number of aromatic nitrogens is 1. The molecule has 3 heterocycles. The summed E-state index contributed by atoms with van der Waals surface area (Å²) in [6, 6.07) is 10.5. The molecule has 0 saturated carbocycles. The second kappa shape index (κ2) is 6.53. The van der Waals surface area contributed by atoms with E-state index in [0.29, 0.717) is 0 Å². The SMILES string of the molecule is COc1ccc2cc3[n+](cc2c1OC)CCCSc1cc2c(cc1-3)OCO2. The van der Waals surface area contributed by atoms with Crippen LogP contribution in [0.3, 0.4) is 0 Å². The van der Waals surface area contributed by atoms with Crippen molar-refractivity contribution in [1.82, 2.24) is 0 Å². The molecule has 27 heavy (non-hydrogen) atoms. The normalized spacial score (nSPS) is 14.9. The van der Waals surface area contributed by atoms with E-state index in [1.165, 1.54) is 16.2 Å². The van der Waals surface area contributed by atoms with Crippen LogP contribution < -0.4 is 23.5 Å². The Morgan fingerprint density at radius 2 is 1.89 bits per heavy atom. The lowest BCUT2D eigenvalue weighted by Gasteiger charge is -2.16. The van der Waals surface area contributed by atoms with Crippen LogP contribution in [0.2, 0.25) is 0 Å². The topological polar surface area (TPSA) is 40.8 Å². The van der Waals surface area contributed by atoms with Crippen molar-refractivity contribution in [2.24, 2.45) is 0 Å². The van der Waals surface area contributed by atoms with Gasteiger partial charge in [-0.15, -0.1) is 11.8 Å². The van der Waals surface area contributed by atoms with Gasteiger partial charge in [-0.05, 0) is 29.7 Å². The van der Waals surface area contributed by atoms with Crippen LogP contribution in [0.25, 0.3) is 22.0 Å². The van der Waals surface area contributed by atoms with Gasteiger partial charge in [0, 0.05) is 23.1 Å². The van der Waals surface area contributed by atoms with E-state index in [4.69, 9.17) is 18.9 Å². The third kappa shape index (κ3) is 2.67. The highest BCUT2D eigenvalue weighted by Gasteiger charge is 2.26. The number of aryl methyl sites for hydroxylation is 1. The third-order valence-electron chi connectivity index (χ3n) is 5.06. The van der Waals surface area contributed by atoms with Gasteiger partial charge in [-0.25, -0.2) is 0 Å². The molecule has 0 saturated heterocycles. The third-order valence-corrected chi connectivity index (χ3v) is 6.20. The molecule has 2 aliphatic heterocycles. The predicted octanol–water partition coefficient (Wildman–Crippen LogP) is 4.04. The van der Waals surface area contributed by atoms with Gasteiger partial charge in [0.15, 0.2) is 29.2 Å². The smallest absolute Gasteiger partial charge is 0.231 e. The van der Waals surface area contributed by atoms with Crippen LogP contribution in [0.4, 0.5) is 0 Å². The second-order valence-electron chi connectivity index (χ2n) is 6.56. The zero-order valence-corrected chi connectivity index (χ0v) is 16.1. The second-order valence-corrected chi connectivity index (χ2v) is 7.70. The molecule has 2 aromatic carbocycles. The molecule has 0 atom stereocenters. The van der Waals surface area contributed by atoms with E-state index in [1.807, 2.05) is 17.8 Å². The summed E-state index contributed by atoms with van der Waals surface area (Å²) < 4.78 is 24.6. The van der Waals surface area contributed by atoms with E-state index < -0.39 is 0 Å². The molecule has 138 valence electrons. The molecule has 3 aromatic rings. The first-order valence-electron chi connectivity index (χ1n) is 8.93. The van der Waals surface area contributed by atoms with Crippen molar-refractivity contribution in [3.05, 3.63) is 36.5 Å². The van der Waals surface area contributed by atoms with Crippen LogP contribution in [0.5, 0.6) is 23.0 Å². The molecule has 0 aliphatic carbocycles. The molecule has 0 radical (unpaired) electrons. The number of thioether (sulfide) groups is 1. The number of rotatable bonds is 2. The Labute approximate surface area is 161 Å². The fourth-order valence-electron chi connectivity index (χ4n) is 3.76. The summed E-state index contributed by atoms with van der Waals surface area (Å²) in [6.07, 6.45) is 3.27. The van der Waals surface area contributed by atoms with Gasteiger partial charge in [-0.2, -0.15) is 4.57 Å². The van der Waals surface area contributed by atoms with Crippen LogP contribution >= 0.6 is 11.8 Å².